The summed E-state index contributed by atoms with van der Waals surface area (Å²) in [5, 5.41) is 6.84. The van der Waals surface area contributed by atoms with Crippen molar-refractivity contribution < 1.29 is 9.47 Å². The van der Waals surface area contributed by atoms with Gasteiger partial charge in [-0.2, -0.15) is 0 Å². The van der Waals surface area contributed by atoms with Crippen molar-refractivity contribution >= 4 is 17.3 Å². The third-order valence-corrected chi connectivity index (χ3v) is 5.05. The number of nitrogens with zero attached hydrogens (tertiary/aromatic N) is 1. The van der Waals surface area contributed by atoms with Crippen LogP contribution in [0.2, 0.25) is 0 Å². The first-order valence-corrected chi connectivity index (χ1v) is 10.2. The summed E-state index contributed by atoms with van der Waals surface area (Å²) in [5.74, 6) is 1.69. The van der Waals surface area contributed by atoms with E-state index in [1.807, 2.05) is 23.5 Å². The third-order valence-electron chi connectivity index (χ3n) is 4.03. The number of rotatable bonds is 10. The zero-order valence-corrected chi connectivity index (χ0v) is 17.6. The molecule has 0 saturated heterocycles. The van der Waals surface area contributed by atoms with Gasteiger partial charge in [-0.3, -0.25) is 4.99 Å². The van der Waals surface area contributed by atoms with Gasteiger partial charge in [0.1, 0.15) is 5.75 Å². The Bertz CT molecular complexity index is 715. The van der Waals surface area contributed by atoms with Crippen LogP contribution < -0.4 is 15.4 Å². The normalized spacial score (nSPS) is 12.7. The zero-order valence-electron chi connectivity index (χ0n) is 16.7. The fourth-order valence-electron chi connectivity index (χ4n) is 2.70. The van der Waals surface area contributed by atoms with Gasteiger partial charge in [0.15, 0.2) is 5.96 Å². The monoisotopic (exact) mass is 389 g/mol. The fraction of sp³-hybridized carbons (Fsp3) is 0.476. The molecule has 1 aromatic heterocycles. The van der Waals surface area contributed by atoms with E-state index in [9.17, 15) is 0 Å². The highest BCUT2D eigenvalue weighted by atomic mass is 32.1. The number of hydrogen-bond donors (Lipinski definition) is 2. The third kappa shape index (κ3) is 8.01. The lowest BCUT2D eigenvalue weighted by Gasteiger charge is -2.17. The van der Waals surface area contributed by atoms with Crippen LogP contribution in [0, 0.1) is 6.92 Å². The SMILES string of the molecule is CN=C(NCc1cccc(OCCCOC)c1)NC(C)Cc1ccc(C)s1. The smallest absolute Gasteiger partial charge is 0.191 e. The maximum absolute atomic E-state index is 5.76. The number of aliphatic imine (C=N–C) groups is 1. The highest BCUT2D eigenvalue weighted by Crippen LogP contribution is 2.17. The van der Waals surface area contributed by atoms with Crippen LogP contribution in [0.5, 0.6) is 5.75 Å². The highest BCUT2D eigenvalue weighted by Gasteiger charge is 2.08. The fourth-order valence-corrected chi connectivity index (χ4v) is 3.72. The van der Waals surface area contributed by atoms with E-state index in [4.69, 9.17) is 9.47 Å². The molecular formula is C21H31N3O2S. The van der Waals surface area contributed by atoms with Crippen LogP contribution in [-0.2, 0) is 17.7 Å². The van der Waals surface area contributed by atoms with Gasteiger partial charge >= 0.3 is 0 Å². The summed E-state index contributed by atoms with van der Waals surface area (Å²) in [6.07, 6.45) is 1.88. The predicted molar refractivity (Wildman–Crippen MR) is 114 cm³/mol. The topological polar surface area (TPSA) is 54.9 Å². The second-order valence-electron chi connectivity index (χ2n) is 6.53. The molecule has 2 aromatic rings. The molecule has 27 heavy (non-hydrogen) atoms. The summed E-state index contributed by atoms with van der Waals surface area (Å²) < 4.78 is 10.8. The van der Waals surface area contributed by atoms with E-state index < -0.39 is 0 Å². The van der Waals surface area contributed by atoms with E-state index in [2.05, 4.69) is 53.7 Å². The van der Waals surface area contributed by atoms with Gasteiger partial charge in [0, 0.05) is 55.9 Å². The average molecular weight is 390 g/mol. The van der Waals surface area contributed by atoms with Crippen molar-refractivity contribution in [2.24, 2.45) is 4.99 Å². The Morgan fingerprint density at radius 2 is 2.07 bits per heavy atom. The van der Waals surface area contributed by atoms with Gasteiger partial charge in [0.25, 0.3) is 0 Å². The summed E-state index contributed by atoms with van der Waals surface area (Å²) in [6, 6.07) is 12.8. The number of benzene rings is 1. The zero-order chi connectivity index (χ0) is 19.5. The molecule has 5 nitrogen and oxygen atoms in total. The molecule has 2 rings (SSSR count). The summed E-state index contributed by atoms with van der Waals surface area (Å²) >= 11 is 1.85. The van der Waals surface area contributed by atoms with Crippen molar-refractivity contribution in [2.75, 3.05) is 27.4 Å². The van der Waals surface area contributed by atoms with Gasteiger partial charge in [-0.25, -0.2) is 0 Å². The van der Waals surface area contributed by atoms with Crippen LogP contribution in [-0.4, -0.2) is 39.4 Å². The number of nitrogens with one attached hydrogen (secondary N) is 2. The minimum atomic E-state index is 0.310. The summed E-state index contributed by atoms with van der Waals surface area (Å²) in [5.41, 5.74) is 1.16. The van der Waals surface area contributed by atoms with Gasteiger partial charge in [-0.15, -0.1) is 11.3 Å². The van der Waals surface area contributed by atoms with Crippen LogP contribution in [0.4, 0.5) is 0 Å². The Kier molecular flexibility index (Phi) is 9.15. The van der Waals surface area contributed by atoms with Crippen molar-refractivity contribution in [3.63, 3.8) is 0 Å². The Morgan fingerprint density at radius 3 is 2.78 bits per heavy atom. The number of hydrogen-bond acceptors (Lipinski definition) is 4. The molecule has 148 valence electrons. The Morgan fingerprint density at radius 1 is 1.22 bits per heavy atom. The molecule has 6 heteroatoms. The minimum absolute atomic E-state index is 0.310. The largest absolute Gasteiger partial charge is 0.493 e. The molecule has 2 N–H and O–H groups in total. The predicted octanol–water partition coefficient (Wildman–Crippen LogP) is 3.77. The molecule has 0 saturated carbocycles. The van der Waals surface area contributed by atoms with Crippen molar-refractivity contribution in [2.45, 2.75) is 39.3 Å². The standard InChI is InChI=1S/C21H31N3O2S/c1-16(13-20-10-9-17(2)27-20)24-21(22-3)23-15-18-7-5-8-19(14-18)26-12-6-11-25-4/h5,7-10,14,16H,6,11-13,15H2,1-4H3,(H2,22,23,24). The van der Waals surface area contributed by atoms with Crippen LogP contribution in [0.3, 0.4) is 0 Å². The molecule has 0 aliphatic carbocycles. The van der Waals surface area contributed by atoms with E-state index in [-0.39, 0.29) is 0 Å². The Hall–Kier alpha value is -2.05. The molecular weight excluding hydrogens is 358 g/mol. The molecule has 0 fully saturated rings. The first kappa shape index (κ1) is 21.3. The average Bonchev–Trinajstić information content (AvgIpc) is 3.07. The molecule has 1 aromatic carbocycles. The van der Waals surface area contributed by atoms with Crippen molar-refractivity contribution in [1.29, 1.82) is 0 Å². The second-order valence-corrected chi connectivity index (χ2v) is 7.90. The number of ether oxygens (including phenoxy) is 2. The van der Waals surface area contributed by atoms with Gasteiger partial charge < -0.3 is 20.1 Å². The quantitative estimate of drug-likeness (QED) is 0.369. The van der Waals surface area contributed by atoms with E-state index in [0.717, 1.165) is 30.1 Å². The molecule has 0 aliphatic heterocycles. The number of guanidine groups is 1. The number of methoxy groups -OCH3 is 1. The van der Waals surface area contributed by atoms with Crippen molar-refractivity contribution in [3.8, 4) is 5.75 Å². The maximum atomic E-state index is 5.76. The summed E-state index contributed by atoms with van der Waals surface area (Å²) in [7, 11) is 3.50. The van der Waals surface area contributed by atoms with E-state index in [0.29, 0.717) is 25.8 Å². The van der Waals surface area contributed by atoms with Gasteiger partial charge in [-0.1, -0.05) is 12.1 Å². The Labute approximate surface area is 166 Å². The van der Waals surface area contributed by atoms with Crippen LogP contribution >= 0.6 is 11.3 Å². The molecule has 1 atom stereocenters. The number of thiophene rings is 1. The highest BCUT2D eigenvalue weighted by molar-refractivity contribution is 7.11. The van der Waals surface area contributed by atoms with E-state index >= 15 is 0 Å². The van der Waals surface area contributed by atoms with Gasteiger partial charge in [-0.05, 0) is 43.7 Å². The lowest BCUT2D eigenvalue weighted by atomic mass is 10.2. The molecule has 0 bridgehead atoms. The lowest BCUT2D eigenvalue weighted by Crippen LogP contribution is -2.42. The van der Waals surface area contributed by atoms with E-state index in [1.165, 1.54) is 9.75 Å². The first-order valence-electron chi connectivity index (χ1n) is 9.34. The first-order chi connectivity index (χ1) is 13.1. The van der Waals surface area contributed by atoms with Gasteiger partial charge in [0.2, 0.25) is 0 Å². The summed E-state index contributed by atoms with van der Waals surface area (Å²) in [4.78, 5) is 7.08. The lowest BCUT2D eigenvalue weighted by molar-refractivity contribution is 0.172. The molecule has 1 heterocycles. The molecule has 0 spiro atoms. The Balaban J connectivity index is 1.79. The molecule has 0 amide bonds. The molecule has 1 unspecified atom stereocenters. The molecule has 0 aliphatic rings. The summed E-state index contributed by atoms with van der Waals surface area (Å²) in [6.45, 7) is 6.39. The minimum Gasteiger partial charge on any atom is -0.493 e. The number of aryl methyl sites for hydroxylation is 1. The van der Waals surface area contributed by atoms with Crippen LogP contribution in [0.1, 0.15) is 28.7 Å². The van der Waals surface area contributed by atoms with Crippen LogP contribution in [0.15, 0.2) is 41.4 Å². The molecule has 0 radical (unpaired) electrons. The van der Waals surface area contributed by atoms with Crippen molar-refractivity contribution in [3.05, 3.63) is 51.7 Å². The van der Waals surface area contributed by atoms with Crippen LogP contribution in [0.25, 0.3) is 0 Å². The van der Waals surface area contributed by atoms with Crippen molar-refractivity contribution in [1.82, 2.24) is 10.6 Å². The maximum Gasteiger partial charge on any atom is 0.191 e. The second kappa shape index (κ2) is 11.6. The van der Waals surface area contributed by atoms with E-state index in [1.54, 1.807) is 14.2 Å². The van der Waals surface area contributed by atoms with Gasteiger partial charge in [0.05, 0.1) is 6.61 Å².